The number of para-hydroxylation sites is 1. The molecule has 0 unspecified atom stereocenters. The lowest BCUT2D eigenvalue weighted by Crippen LogP contribution is -2.17. The van der Waals surface area contributed by atoms with Gasteiger partial charge in [0.1, 0.15) is 5.69 Å². The zero-order valence-corrected chi connectivity index (χ0v) is 15.2. The van der Waals surface area contributed by atoms with Gasteiger partial charge >= 0.3 is 0 Å². The molecule has 0 aliphatic carbocycles. The molecule has 0 saturated carbocycles. The second-order valence-corrected chi connectivity index (χ2v) is 6.38. The zero-order chi connectivity index (χ0) is 17.5. The van der Waals surface area contributed by atoms with Crippen molar-refractivity contribution in [3.05, 3.63) is 52.3 Å². The first-order chi connectivity index (χ1) is 11.5. The topological polar surface area (TPSA) is 57.3 Å². The van der Waals surface area contributed by atoms with Crippen LogP contribution in [-0.2, 0) is 0 Å². The fourth-order valence-electron chi connectivity index (χ4n) is 2.06. The first-order valence-corrected chi connectivity index (χ1v) is 8.33. The molecular weight excluding hydrogens is 347 g/mol. The molecule has 0 fully saturated rings. The highest BCUT2D eigenvalue weighted by atomic mass is 35.5. The summed E-state index contributed by atoms with van der Waals surface area (Å²) < 4.78 is 0. The molecular formula is C17H20Cl2N4O. The van der Waals surface area contributed by atoms with Crippen molar-refractivity contribution in [1.82, 2.24) is 9.88 Å². The number of aromatic nitrogens is 1. The molecule has 0 bridgehead atoms. The molecule has 2 aromatic rings. The second-order valence-electron chi connectivity index (χ2n) is 5.57. The minimum absolute atomic E-state index is 0.296. The van der Waals surface area contributed by atoms with Crippen molar-refractivity contribution in [2.45, 2.75) is 6.42 Å². The Morgan fingerprint density at radius 2 is 1.88 bits per heavy atom. The van der Waals surface area contributed by atoms with Crippen LogP contribution in [0.1, 0.15) is 16.9 Å². The van der Waals surface area contributed by atoms with E-state index in [-0.39, 0.29) is 5.91 Å². The number of anilines is 2. The summed E-state index contributed by atoms with van der Waals surface area (Å²) in [5.41, 5.74) is 1.56. The molecule has 5 nitrogen and oxygen atoms in total. The van der Waals surface area contributed by atoms with E-state index in [2.05, 4.69) is 20.5 Å². The highest BCUT2D eigenvalue weighted by Gasteiger charge is 2.12. The summed E-state index contributed by atoms with van der Waals surface area (Å²) in [5, 5.41) is 6.73. The fraction of sp³-hybridized carbons (Fsp3) is 0.294. The average molecular weight is 367 g/mol. The van der Waals surface area contributed by atoms with Crippen LogP contribution in [0.5, 0.6) is 0 Å². The van der Waals surface area contributed by atoms with E-state index < -0.39 is 0 Å². The Morgan fingerprint density at radius 1 is 1.17 bits per heavy atom. The van der Waals surface area contributed by atoms with E-state index in [1.165, 1.54) is 0 Å². The largest absolute Gasteiger partial charge is 0.384 e. The number of halogens is 2. The predicted molar refractivity (Wildman–Crippen MR) is 100 cm³/mol. The van der Waals surface area contributed by atoms with Crippen molar-refractivity contribution < 1.29 is 4.79 Å². The lowest BCUT2D eigenvalue weighted by molar-refractivity contribution is 0.102. The Bertz CT molecular complexity index is 669. The minimum atomic E-state index is -0.357. The van der Waals surface area contributed by atoms with Gasteiger partial charge in [-0.2, -0.15) is 0 Å². The Hall–Kier alpha value is -1.82. The van der Waals surface area contributed by atoms with Gasteiger partial charge in [0.2, 0.25) is 0 Å². The first-order valence-electron chi connectivity index (χ1n) is 7.57. The number of hydrogen-bond acceptors (Lipinski definition) is 4. The van der Waals surface area contributed by atoms with E-state index in [1.807, 2.05) is 20.2 Å². The van der Waals surface area contributed by atoms with Crippen LogP contribution < -0.4 is 10.6 Å². The van der Waals surface area contributed by atoms with Gasteiger partial charge in [-0.05, 0) is 51.3 Å². The van der Waals surface area contributed by atoms with Gasteiger partial charge in [-0.1, -0.05) is 29.3 Å². The number of benzene rings is 1. The molecule has 1 aromatic carbocycles. The Balaban J connectivity index is 1.94. The molecule has 0 aliphatic heterocycles. The molecule has 2 N–H and O–H groups in total. The number of carbonyl (C=O) groups excluding carboxylic acids is 1. The van der Waals surface area contributed by atoms with Crippen LogP contribution in [0.3, 0.4) is 0 Å². The molecule has 7 heteroatoms. The van der Waals surface area contributed by atoms with Crippen molar-refractivity contribution in [1.29, 1.82) is 0 Å². The van der Waals surface area contributed by atoms with Crippen LogP contribution in [0.4, 0.5) is 11.4 Å². The molecule has 1 aromatic heterocycles. The third-order valence-electron chi connectivity index (χ3n) is 3.31. The molecule has 0 radical (unpaired) electrons. The fourth-order valence-corrected chi connectivity index (χ4v) is 2.55. The molecule has 0 saturated heterocycles. The number of nitrogens with zero attached hydrogens (tertiary/aromatic N) is 2. The molecule has 128 valence electrons. The van der Waals surface area contributed by atoms with Gasteiger partial charge in [-0.15, -0.1) is 0 Å². The van der Waals surface area contributed by atoms with Gasteiger partial charge in [0.15, 0.2) is 0 Å². The highest BCUT2D eigenvalue weighted by Crippen LogP contribution is 2.30. The summed E-state index contributed by atoms with van der Waals surface area (Å²) in [6, 6.07) is 8.53. The average Bonchev–Trinajstić information content (AvgIpc) is 2.55. The summed E-state index contributed by atoms with van der Waals surface area (Å²) in [6.45, 7) is 1.86. The summed E-state index contributed by atoms with van der Waals surface area (Å²) in [4.78, 5) is 18.6. The monoisotopic (exact) mass is 366 g/mol. The molecule has 24 heavy (non-hydrogen) atoms. The second kappa shape index (κ2) is 8.87. The van der Waals surface area contributed by atoms with Gasteiger partial charge in [-0.3, -0.25) is 4.79 Å². The van der Waals surface area contributed by atoms with Gasteiger partial charge < -0.3 is 15.5 Å². The van der Waals surface area contributed by atoms with E-state index in [1.54, 1.807) is 30.5 Å². The number of rotatable bonds is 7. The number of hydrogen-bond donors (Lipinski definition) is 2. The standard InChI is InChI=1S/C17H20Cl2N4O/c1-23(2)10-4-9-20-12-7-8-15(21-11-12)17(24)22-16-13(18)5-3-6-14(16)19/h3,5-8,11,20H,4,9-10H2,1-2H3,(H,22,24). The third-order valence-corrected chi connectivity index (χ3v) is 3.94. The van der Waals surface area contributed by atoms with Gasteiger partial charge in [0.05, 0.1) is 27.6 Å². The van der Waals surface area contributed by atoms with E-state index >= 15 is 0 Å². The number of carbonyl (C=O) groups is 1. The van der Waals surface area contributed by atoms with E-state index in [4.69, 9.17) is 23.2 Å². The van der Waals surface area contributed by atoms with Crippen LogP contribution >= 0.6 is 23.2 Å². The number of pyridine rings is 1. The molecule has 1 heterocycles. The van der Waals surface area contributed by atoms with Crippen molar-refractivity contribution in [3.63, 3.8) is 0 Å². The minimum Gasteiger partial charge on any atom is -0.384 e. The normalized spacial score (nSPS) is 10.7. The molecule has 0 atom stereocenters. The highest BCUT2D eigenvalue weighted by molar-refractivity contribution is 6.39. The van der Waals surface area contributed by atoms with E-state index in [9.17, 15) is 4.79 Å². The summed E-state index contributed by atoms with van der Waals surface area (Å²) >= 11 is 12.1. The molecule has 0 aliphatic rings. The zero-order valence-electron chi connectivity index (χ0n) is 13.6. The van der Waals surface area contributed by atoms with Crippen LogP contribution in [0.2, 0.25) is 10.0 Å². The SMILES string of the molecule is CN(C)CCCNc1ccc(C(=O)Nc2c(Cl)cccc2Cl)nc1. The Morgan fingerprint density at radius 3 is 2.46 bits per heavy atom. The third kappa shape index (κ3) is 5.37. The van der Waals surface area contributed by atoms with Crippen molar-refractivity contribution in [2.75, 3.05) is 37.8 Å². The van der Waals surface area contributed by atoms with Crippen LogP contribution in [0.25, 0.3) is 0 Å². The van der Waals surface area contributed by atoms with Gasteiger partial charge in [-0.25, -0.2) is 4.98 Å². The quantitative estimate of drug-likeness (QED) is 0.727. The molecule has 0 spiro atoms. The lowest BCUT2D eigenvalue weighted by Gasteiger charge is -2.11. The lowest BCUT2D eigenvalue weighted by atomic mass is 10.2. The maximum Gasteiger partial charge on any atom is 0.274 e. The van der Waals surface area contributed by atoms with Crippen molar-refractivity contribution in [3.8, 4) is 0 Å². The Labute approximate surface area is 152 Å². The van der Waals surface area contributed by atoms with E-state index in [0.717, 1.165) is 25.2 Å². The summed E-state index contributed by atoms with van der Waals surface area (Å²) in [5.74, 6) is -0.357. The number of amides is 1. The summed E-state index contributed by atoms with van der Waals surface area (Å²) in [7, 11) is 4.08. The van der Waals surface area contributed by atoms with Crippen LogP contribution in [0.15, 0.2) is 36.5 Å². The van der Waals surface area contributed by atoms with E-state index in [0.29, 0.717) is 21.4 Å². The van der Waals surface area contributed by atoms with Crippen molar-refractivity contribution in [2.24, 2.45) is 0 Å². The molecule has 1 amide bonds. The smallest absolute Gasteiger partial charge is 0.274 e. The van der Waals surface area contributed by atoms with Gasteiger partial charge in [0.25, 0.3) is 5.91 Å². The number of nitrogens with one attached hydrogen (secondary N) is 2. The Kier molecular flexibility index (Phi) is 6.85. The maximum atomic E-state index is 12.2. The van der Waals surface area contributed by atoms with Crippen molar-refractivity contribution >= 4 is 40.5 Å². The maximum absolute atomic E-state index is 12.2. The van der Waals surface area contributed by atoms with Crippen LogP contribution in [-0.4, -0.2) is 43.0 Å². The summed E-state index contributed by atoms with van der Waals surface area (Å²) in [6.07, 6.45) is 2.67. The first kappa shape index (κ1) is 18.5. The molecule has 2 rings (SSSR count). The van der Waals surface area contributed by atoms with Gasteiger partial charge in [0, 0.05) is 6.54 Å². The van der Waals surface area contributed by atoms with Crippen LogP contribution in [0, 0.1) is 0 Å². The predicted octanol–water partition coefficient (Wildman–Crippen LogP) is 4.00.